The van der Waals surface area contributed by atoms with Crippen LogP contribution >= 0.6 is 11.8 Å². The molecule has 0 unspecified atom stereocenters. The molecular formula is C11H21NO2S. The van der Waals surface area contributed by atoms with Gasteiger partial charge in [-0.25, -0.2) is 4.79 Å². The average Bonchev–Trinajstić information content (AvgIpc) is 2.14. The quantitative estimate of drug-likeness (QED) is 0.794. The minimum atomic E-state index is -0.399. The molecule has 4 heteroatoms. The van der Waals surface area contributed by atoms with Gasteiger partial charge in [0.05, 0.1) is 0 Å². The van der Waals surface area contributed by atoms with Gasteiger partial charge >= 0.3 is 6.09 Å². The van der Waals surface area contributed by atoms with E-state index in [0.717, 1.165) is 6.54 Å². The fraction of sp³-hybridized carbons (Fsp3) is 0.909. The summed E-state index contributed by atoms with van der Waals surface area (Å²) in [6.07, 6.45) is 3.51. The molecule has 0 aliphatic carbocycles. The molecule has 1 fully saturated rings. The number of rotatable bonds is 2. The molecule has 1 heterocycles. The lowest BCUT2D eigenvalue weighted by atomic mass is 10.2. The van der Waals surface area contributed by atoms with Crippen LogP contribution in [0, 0.1) is 0 Å². The summed E-state index contributed by atoms with van der Waals surface area (Å²) < 4.78 is 5.17. The van der Waals surface area contributed by atoms with Crippen LogP contribution in [-0.4, -0.2) is 29.2 Å². The van der Waals surface area contributed by atoms with Gasteiger partial charge in [0, 0.05) is 11.8 Å². The molecule has 1 atom stereocenters. The summed E-state index contributed by atoms with van der Waals surface area (Å²) in [5, 5.41) is 3.40. The summed E-state index contributed by atoms with van der Waals surface area (Å²) in [4.78, 5) is 11.4. The minimum absolute atomic E-state index is 0.298. The molecule has 0 spiro atoms. The van der Waals surface area contributed by atoms with E-state index < -0.39 is 5.60 Å². The molecule has 0 aromatic carbocycles. The maximum Gasteiger partial charge on any atom is 0.407 e. The van der Waals surface area contributed by atoms with E-state index in [1.54, 1.807) is 0 Å². The van der Waals surface area contributed by atoms with E-state index >= 15 is 0 Å². The fourth-order valence-corrected chi connectivity index (χ4v) is 2.72. The van der Waals surface area contributed by atoms with Gasteiger partial charge in [-0.1, -0.05) is 6.42 Å². The molecule has 1 rings (SSSR count). The second-order valence-electron chi connectivity index (χ2n) is 4.87. The first-order chi connectivity index (χ1) is 6.97. The maximum absolute atomic E-state index is 11.4. The number of hydrogen-bond acceptors (Lipinski definition) is 3. The highest BCUT2D eigenvalue weighted by Gasteiger charge is 2.18. The Balaban J connectivity index is 2.15. The molecule has 0 saturated carbocycles. The van der Waals surface area contributed by atoms with Crippen molar-refractivity contribution in [3.05, 3.63) is 0 Å². The van der Waals surface area contributed by atoms with E-state index in [4.69, 9.17) is 4.74 Å². The Bertz CT molecular complexity index is 207. The molecule has 0 aromatic heterocycles. The number of amides is 1. The summed E-state index contributed by atoms with van der Waals surface area (Å²) in [5.41, 5.74) is -0.399. The topological polar surface area (TPSA) is 38.3 Å². The third kappa shape index (κ3) is 5.92. The van der Waals surface area contributed by atoms with Crippen molar-refractivity contribution in [3.8, 4) is 0 Å². The molecule has 0 bridgehead atoms. The molecule has 88 valence electrons. The first-order valence-electron chi connectivity index (χ1n) is 5.56. The van der Waals surface area contributed by atoms with Crippen molar-refractivity contribution >= 4 is 17.9 Å². The summed E-state index contributed by atoms with van der Waals surface area (Å²) >= 11 is 1.95. The van der Waals surface area contributed by atoms with Crippen molar-refractivity contribution in [3.63, 3.8) is 0 Å². The number of ether oxygens (including phenoxy) is 1. The zero-order chi connectivity index (χ0) is 11.3. The van der Waals surface area contributed by atoms with Crippen molar-refractivity contribution in [2.75, 3.05) is 12.3 Å². The predicted molar refractivity (Wildman–Crippen MR) is 64.3 cm³/mol. The van der Waals surface area contributed by atoms with Crippen LogP contribution < -0.4 is 5.32 Å². The number of thioether (sulfide) groups is 1. The molecule has 15 heavy (non-hydrogen) atoms. The molecule has 1 aliphatic rings. The van der Waals surface area contributed by atoms with Gasteiger partial charge in [-0.15, -0.1) is 0 Å². The van der Waals surface area contributed by atoms with Crippen LogP contribution in [0.2, 0.25) is 0 Å². The maximum atomic E-state index is 11.4. The van der Waals surface area contributed by atoms with E-state index in [1.165, 1.54) is 25.0 Å². The highest BCUT2D eigenvalue weighted by molar-refractivity contribution is 7.99. The van der Waals surface area contributed by atoms with E-state index in [0.29, 0.717) is 5.25 Å². The normalized spacial score (nSPS) is 22.2. The van der Waals surface area contributed by atoms with E-state index in [9.17, 15) is 4.79 Å². The van der Waals surface area contributed by atoms with Crippen LogP contribution in [0.15, 0.2) is 0 Å². The molecule has 0 aromatic rings. The zero-order valence-corrected chi connectivity index (χ0v) is 10.7. The molecule has 3 nitrogen and oxygen atoms in total. The van der Waals surface area contributed by atoms with Gasteiger partial charge < -0.3 is 10.1 Å². The number of nitrogens with one attached hydrogen (secondary N) is 1. The van der Waals surface area contributed by atoms with Crippen molar-refractivity contribution in [1.82, 2.24) is 5.32 Å². The van der Waals surface area contributed by atoms with Crippen molar-refractivity contribution < 1.29 is 9.53 Å². The molecule has 1 N–H and O–H groups in total. The van der Waals surface area contributed by atoms with Crippen molar-refractivity contribution in [1.29, 1.82) is 0 Å². The summed E-state index contributed by atoms with van der Waals surface area (Å²) in [6.45, 7) is 6.37. The van der Waals surface area contributed by atoms with Gasteiger partial charge in [0.1, 0.15) is 5.60 Å². The Morgan fingerprint density at radius 2 is 2.20 bits per heavy atom. The standard InChI is InChI=1S/C11H21NO2S/c1-11(2,3)14-10(13)12-8-9-6-4-5-7-15-9/h9H,4-8H2,1-3H3,(H,12,13)/t9-/m1/s1. The Labute approximate surface area is 96.3 Å². The SMILES string of the molecule is CC(C)(C)OC(=O)NC[C@H]1CCCCS1. The number of hydrogen-bond donors (Lipinski definition) is 1. The van der Waals surface area contributed by atoms with Crippen molar-refractivity contribution in [2.24, 2.45) is 0 Å². The van der Waals surface area contributed by atoms with Gasteiger partial charge in [-0.3, -0.25) is 0 Å². The van der Waals surface area contributed by atoms with Gasteiger partial charge in [-0.2, -0.15) is 11.8 Å². The Kier molecular flexibility index (Phi) is 4.77. The third-order valence-electron chi connectivity index (χ3n) is 2.15. The number of carbonyl (C=O) groups is 1. The van der Waals surface area contributed by atoms with Crippen LogP contribution in [-0.2, 0) is 4.74 Å². The van der Waals surface area contributed by atoms with E-state index in [1.807, 2.05) is 32.5 Å². The van der Waals surface area contributed by atoms with Crippen LogP contribution in [0.3, 0.4) is 0 Å². The van der Waals surface area contributed by atoms with Crippen LogP contribution in [0.1, 0.15) is 40.0 Å². The lowest BCUT2D eigenvalue weighted by molar-refractivity contribution is 0.0527. The molecule has 1 saturated heterocycles. The second-order valence-corrected chi connectivity index (χ2v) is 6.28. The number of carbonyl (C=O) groups excluding carboxylic acids is 1. The van der Waals surface area contributed by atoms with Gasteiger partial charge in [0.25, 0.3) is 0 Å². The predicted octanol–water partition coefficient (Wildman–Crippen LogP) is 2.80. The molecule has 1 aliphatic heterocycles. The third-order valence-corrected chi connectivity index (χ3v) is 3.55. The Morgan fingerprint density at radius 1 is 1.47 bits per heavy atom. The van der Waals surface area contributed by atoms with Crippen LogP contribution in [0.5, 0.6) is 0 Å². The lowest BCUT2D eigenvalue weighted by Gasteiger charge is -2.23. The molecule has 1 amide bonds. The molecule has 0 radical (unpaired) electrons. The summed E-state index contributed by atoms with van der Waals surface area (Å²) in [7, 11) is 0. The minimum Gasteiger partial charge on any atom is -0.444 e. The smallest absolute Gasteiger partial charge is 0.407 e. The largest absolute Gasteiger partial charge is 0.444 e. The van der Waals surface area contributed by atoms with Crippen LogP contribution in [0.25, 0.3) is 0 Å². The lowest BCUT2D eigenvalue weighted by Crippen LogP contribution is -2.36. The van der Waals surface area contributed by atoms with Crippen molar-refractivity contribution in [2.45, 2.75) is 50.9 Å². The van der Waals surface area contributed by atoms with Gasteiger partial charge in [0.2, 0.25) is 0 Å². The zero-order valence-electron chi connectivity index (χ0n) is 9.84. The monoisotopic (exact) mass is 231 g/mol. The highest BCUT2D eigenvalue weighted by atomic mass is 32.2. The van der Waals surface area contributed by atoms with E-state index in [-0.39, 0.29) is 6.09 Å². The van der Waals surface area contributed by atoms with Gasteiger partial charge in [-0.05, 0) is 39.4 Å². The molecular weight excluding hydrogens is 210 g/mol. The second kappa shape index (κ2) is 5.64. The van der Waals surface area contributed by atoms with Crippen LogP contribution in [0.4, 0.5) is 4.79 Å². The average molecular weight is 231 g/mol. The van der Waals surface area contributed by atoms with E-state index in [2.05, 4.69) is 5.32 Å². The summed E-state index contributed by atoms with van der Waals surface area (Å²) in [6, 6.07) is 0. The van der Waals surface area contributed by atoms with Gasteiger partial charge in [0.15, 0.2) is 0 Å². The highest BCUT2D eigenvalue weighted by Crippen LogP contribution is 2.24. The fourth-order valence-electron chi connectivity index (χ4n) is 1.48. The first-order valence-corrected chi connectivity index (χ1v) is 6.61. The summed E-state index contributed by atoms with van der Waals surface area (Å²) in [5.74, 6) is 1.22. The number of alkyl carbamates (subject to hydrolysis) is 1. The first kappa shape index (κ1) is 12.7. The Morgan fingerprint density at radius 3 is 2.73 bits per heavy atom. The Hall–Kier alpha value is -0.380.